The van der Waals surface area contributed by atoms with Crippen LogP contribution in [0.3, 0.4) is 0 Å². The molecular formula is C9H3Cl3O4S. The smallest absolute Gasteiger partial charge is 0.268 e. The van der Waals surface area contributed by atoms with Crippen LogP contribution in [0, 0.1) is 0 Å². The maximum Gasteiger partial charge on any atom is 0.268 e. The highest BCUT2D eigenvalue weighted by Gasteiger charge is 2.19. The van der Waals surface area contributed by atoms with Crippen LogP contribution in [0.4, 0.5) is 0 Å². The molecule has 90 valence electrons. The van der Waals surface area contributed by atoms with E-state index in [9.17, 15) is 13.2 Å². The standard InChI is InChI=1S/C9H3Cl3O4S/c10-5-1-4-7(2-6(5)11)16-3-8(9(4)13)17(12,14)15/h1-3H. The summed E-state index contributed by atoms with van der Waals surface area (Å²) in [7, 11) is 0.930. The van der Waals surface area contributed by atoms with E-state index in [2.05, 4.69) is 0 Å². The molecule has 0 atom stereocenters. The molecule has 0 saturated carbocycles. The van der Waals surface area contributed by atoms with Crippen molar-refractivity contribution in [3.63, 3.8) is 0 Å². The first-order valence-corrected chi connectivity index (χ1v) is 7.22. The van der Waals surface area contributed by atoms with Gasteiger partial charge in [0.05, 0.1) is 15.4 Å². The molecule has 8 heteroatoms. The van der Waals surface area contributed by atoms with Crippen LogP contribution in [0.15, 0.2) is 32.5 Å². The lowest BCUT2D eigenvalue weighted by atomic mass is 10.2. The second kappa shape index (κ2) is 4.17. The molecule has 0 bridgehead atoms. The van der Waals surface area contributed by atoms with Crippen LogP contribution in [0.1, 0.15) is 0 Å². The van der Waals surface area contributed by atoms with E-state index in [1.807, 2.05) is 0 Å². The topological polar surface area (TPSA) is 64.3 Å². The van der Waals surface area contributed by atoms with Crippen molar-refractivity contribution in [2.24, 2.45) is 0 Å². The molecule has 0 spiro atoms. The van der Waals surface area contributed by atoms with Gasteiger partial charge in [0.15, 0.2) is 4.90 Å². The third-order valence-electron chi connectivity index (χ3n) is 2.05. The van der Waals surface area contributed by atoms with E-state index in [1.165, 1.54) is 12.1 Å². The second-order valence-corrected chi connectivity index (χ2v) is 6.48. The first-order chi connectivity index (χ1) is 7.80. The summed E-state index contributed by atoms with van der Waals surface area (Å²) >= 11 is 11.5. The van der Waals surface area contributed by atoms with Crippen molar-refractivity contribution in [1.29, 1.82) is 0 Å². The fraction of sp³-hybridized carbons (Fsp3) is 0. The highest BCUT2D eigenvalue weighted by molar-refractivity contribution is 8.13. The van der Waals surface area contributed by atoms with E-state index in [4.69, 9.17) is 38.3 Å². The lowest BCUT2D eigenvalue weighted by Gasteiger charge is -2.01. The average Bonchev–Trinajstić information content (AvgIpc) is 2.19. The van der Waals surface area contributed by atoms with E-state index < -0.39 is 19.4 Å². The quantitative estimate of drug-likeness (QED) is 0.759. The molecule has 4 nitrogen and oxygen atoms in total. The Morgan fingerprint density at radius 2 is 1.71 bits per heavy atom. The zero-order valence-electron chi connectivity index (χ0n) is 7.91. The van der Waals surface area contributed by atoms with Gasteiger partial charge in [0.2, 0.25) is 5.43 Å². The molecule has 0 radical (unpaired) electrons. The first-order valence-electron chi connectivity index (χ1n) is 4.16. The Morgan fingerprint density at radius 1 is 1.12 bits per heavy atom. The Bertz CT molecular complexity index is 764. The van der Waals surface area contributed by atoms with Gasteiger partial charge in [-0.15, -0.1) is 0 Å². The van der Waals surface area contributed by atoms with Gasteiger partial charge in [0.25, 0.3) is 9.05 Å². The molecule has 0 unspecified atom stereocenters. The van der Waals surface area contributed by atoms with E-state index in [0.29, 0.717) is 0 Å². The third-order valence-corrected chi connectivity index (χ3v) is 4.07. The van der Waals surface area contributed by atoms with Gasteiger partial charge in [-0.1, -0.05) is 23.2 Å². The molecule has 0 saturated heterocycles. The van der Waals surface area contributed by atoms with Gasteiger partial charge in [-0.3, -0.25) is 4.79 Å². The number of halogens is 3. The summed E-state index contributed by atoms with van der Waals surface area (Å²) in [6.07, 6.45) is 0.775. The Kier molecular flexibility index (Phi) is 3.12. The van der Waals surface area contributed by atoms with Gasteiger partial charge >= 0.3 is 0 Å². The molecule has 0 N–H and O–H groups in total. The number of hydrogen-bond donors (Lipinski definition) is 0. The minimum atomic E-state index is -4.16. The molecule has 1 heterocycles. The van der Waals surface area contributed by atoms with Gasteiger partial charge < -0.3 is 4.42 Å². The highest BCUT2D eigenvalue weighted by atomic mass is 35.7. The largest absolute Gasteiger partial charge is 0.463 e. The Hall–Kier alpha value is -0.750. The van der Waals surface area contributed by atoms with Crippen molar-refractivity contribution >= 4 is 53.9 Å². The molecule has 17 heavy (non-hydrogen) atoms. The van der Waals surface area contributed by atoms with Crippen molar-refractivity contribution in [3.05, 3.63) is 38.7 Å². The molecule has 2 rings (SSSR count). The van der Waals surface area contributed by atoms with Crippen LogP contribution >= 0.6 is 33.9 Å². The van der Waals surface area contributed by atoms with Crippen LogP contribution in [0.2, 0.25) is 10.0 Å². The van der Waals surface area contributed by atoms with Crippen molar-refractivity contribution in [2.75, 3.05) is 0 Å². The van der Waals surface area contributed by atoms with Gasteiger partial charge in [-0.25, -0.2) is 8.42 Å². The van der Waals surface area contributed by atoms with Crippen molar-refractivity contribution in [2.45, 2.75) is 4.90 Å². The molecule has 0 aliphatic rings. The fourth-order valence-corrected chi connectivity index (χ4v) is 2.41. The monoisotopic (exact) mass is 312 g/mol. The molecule has 0 amide bonds. The zero-order valence-corrected chi connectivity index (χ0v) is 11.0. The van der Waals surface area contributed by atoms with Crippen LogP contribution in [0.25, 0.3) is 11.0 Å². The van der Waals surface area contributed by atoms with Crippen molar-refractivity contribution in [3.8, 4) is 0 Å². The average molecular weight is 314 g/mol. The molecular weight excluding hydrogens is 311 g/mol. The van der Waals surface area contributed by atoms with Crippen LogP contribution in [-0.2, 0) is 9.05 Å². The van der Waals surface area contributed by atoms with Gasteiger partial charge in [-0.05, 0) is 6.07 Å². The first kappa shape index (κ1) is 12.7. The predicted octanol–water partition coefficient (Wildman–Crippen LogP) is 3.03. The van der Waals surface area contributed by atoms with Crippen molar-refractivity contribution < 1.29 is 12.8 Å². The minimum Gasteiger partial charge on any atom is -0.463 e. The maximum atomic E-state index is 11.8. The summed E-state index contributed by atoms with van der Waals surface area (Å²) in [5, 5.41) is 0.320. The number of benzene rings is 1. The van der Waals surface area contributed by atoms with Gasteiger partial charge in [-0.2, -0.15) is 0 Å². The predicted molar refractivity (Wildman–Crippen MR) is 65.5 cm³/mol. The summed E-state index contributed by atoms with van der Waals surface area (Å²) in [5.41, 5.74) is -0.645. The van der Waals surface area contributed by atoms with Gasteiger partial charge in [0.1, 0.15) is 11.8 Å². The number of hydrogen-bond acceptors (Lipinski definition) is 4. The van der Waals surface area contributed by atoms with Crippen LogP contribution in [0.5, 0.6) is 0 Å². The normalized spacial score (nSPS) is 11.9. The van der Waals surface area contributed by atoms with E-state index in [-0.39, 0.29) is 21.0 Å². The molecule has 2 aromatic rings. The molecule has 0 aliphatic carbocycles. The Labute approximate surface area is 110 Å². The summed E-state index contributed by atoms with van der Waals surface area (Å²) in [4.78, 5) is 11.2. The van der Waals surface area contributed by atoms with E-state index >= 15 is 0 Å². The summed E-state index contributed by atoms with van der Waals surface area (Å²) in [5.74, 6) is 0. The van der Waals surface area contributed by atoms with Gasteiger partial charge in [0, 0.05) is 16.7 Å². The Morgan fingerprint density at radius 3 is 2.29 bits per heavy atom. The molecule has 1 aromatic heterocycles. The molecule has 1 aromatic carbocycles. The maximum absolute atomic E-state index is 11.8. The minimum absolute atomic E-state index is 0.00104. The van der Waals surface area contributed by atoms with E-state index in [1.54, 1.807) is 0 Å². The van der Waals surface area contributed by atoms with E-state index in [0.717, 1.165) is 6.26 Å². The fourth-order valence-electron chi connectivity index (χ4n) is 1.27. The SMILES string of the molecule is O=c1c(S(=O)(=O)Cl)coc2cc(Cl)c(Cl)cc12. The van der Waals surface area contributed by atoms with Crippen molar-refractivity contribution in [1.82, 2.24) is 0 Å². The molecule has 0 aliphatic heterocycles. The zero-order chi connectivity index (χ0) is 12.8. The molecule has 0 fully saturated rings. The lowest BCUT2D eigenvalue weighted by molar-refractivity contribution is 0.572. The van der Waals surface area contributed by atoms with Crippen LogP contribution in [-0.4, -0.2) is 8.42 Å². The summed E-state index contributed by atoms with van der Waals surface area (Å²) < 4.78 is 27.2. The summed E-state index contributed by atoms with van der Waals surface area (Å²) in [6.45, 7) is 0. The lowest BCUT2D eigenvalue weighted by Crippen LogP contribution is -2.10. The second-order valence-electron chi connectivity index (χ2n) is 3.13. The Balaban J connectivity index is 2.95. The third kappa shape index (κ3) is 2.28. The number of rotatable bonds is 1. The highest BCUT2D eigenvalue weighted by Crippen LogP contribution is 2.27. The van der Waals surface area contributed by atoms with Crippen LogP contribution < -0.4 is 5.43 Å². The summed E-state index contributed by atoms with van der Waals surface area (Å²) in [6, 6.07) is 2.56. The number of fused-ring (bicyclic) bond motifs is 1.